The number of carbonyl (C=O) groups is 1. The van der Waals surface area contributed by atoms with Crippen LogP contribution in [0.25, 0.3) is 0 Å². The summed E-state index contributed by atoms with van der Waals surface area (Å²) in [6, 6.07) is -0.459. The normalized spacial score (nSPS) is 12.7. The molecule has 4 N–H and O–H groups in total. The van der Waals surface area contributed by atoms with E-state index in [2.05, 4.69) is 0 Å². The van der Waals surface area contributed by atoms with Crippen molar-refractivity contribution in [2.24, 2.45) is 5.73 Å². The summed E-state index contributed by atoms with van der Waals surface area (Å²) >= 11 is 0. The Bertz CT molecular complexity index is 98.9. The van der Waals surface area contributed by atoms with Gasteiger partial charge in [-0.3, -0.25) is 0 Å². The molecule has 0 rings (SSSR count). The van der Waals surface area contributed by atoms with Crippen LogP contribution in [0, 0.1) is 0 Å². The van der Waals surface area contributed by atoms with Crippen LogP contribution < -0.4 is 5.73 Å². The molecule has 0 aliphatic rings. The van der Waals surface area contributed by atoms with Crippen LogP contribution in [0.2, 0.25) is 6.32 Å². The summed E-state index contributed by atoms with van der Waals surface area (Å²) in [5.74, 6) is 0. The molecule has 0 radical (unpaired) electrons. The van der Waals surface area contributed by atoms with Crippen molar-refractivity contribution in [2.75, 3.05) is 0 Å². The highest BCUT2D eigenvalue weighted by Crippen LogP contribution is 1.98. The summed E-state index contributed by atoms with van der Waals surface area (Å²) in [7, 11) is -1.28. The van der Waals surface area contributed by atoms with Crippen LogP contribution in [-0.4, -0.2) is 29.5 Å². The van der Waals surface area contributed by atoms with Gasteiger partial charge in [0.25, 0.3) is 0 Å². The molecule has 1 unspecified atom stereocenters. The third-order valence-electron chi connectivity index (χ3n) is 1.17. The Hall–Kier alpha value is -0.385. The van der Waals surface area contributed by atoms with Gasteiger partial charge < -0.3 is 20.6 Å². The zero-order valence-electron chi connectivity index (χ0n) is 5.73. The van der Waals surface area contributed by atoms with E-state index in [0.29, 0.717) is 19.1 Å². The molecule has 0 aromatic rings. The lowest BCUT2D eigenvalue weighted by Crippen LogP contribution is -2.22. The van der Waals surface area contributed by atoms with E-state index in [1.54, 1.807) is 0 Å². The Morgan fingerprint density at radius 1 is 1.60 bits per heavy atom. The summed E-state index contributed by atoms with van der Waals surface area (Å²) in [6.45, 7) is 0. The summed E-state index contributed by atoms with van der Waals surface area (Å²) in [5.41, 5.74) is 5.23. The fourth-order valence-electron chi connectivity index (χ4n) is 0.604. The largest absolute Gasteiger partial charge is 0.451 e. The minimum atomic E-state index is -1.28. The molecule has 58 valence electrons. The van der Waals surface area contributed by atoms with Crippen molar-refractivity contribution in [3.8, 4) is 0 Å². The lowest BCUT2D eigenvalue weighted by molar-refractivity contribution is -0.109. The molecular formula is C5H12BNO3. The molecule has 0 fully saturated rings. The van der Waals surface area contributed by atoms with E-state index in [1.165, 1.54) is 0 Å². The van der Waals surface area contributed by atoms with Crippen molar-refractivity contribution >= 4 is 13.4 Å². The Morgan fingerprint density at radius 2 is 2.20 bits per heavy atom. The molecule has 0 saturated carbocycles. The maximum absolute atomic E-state index is 9.93. The second kappa shape index (κ2) is 5.40. The van der Waals surface area contributed by atoms with Gasteiger partial charge in [-0.25, -0.2) is 0 Å². The quantitative estimate of drug-likeness (QED) is 0.334. The third-order valence-corrected chi connectivity index (χ3v) is 1.17. The predicted octanol–water partition coefficient (Wildman–Crippen LogP) is -1.23. The monoisotopic (exact) mass is 145 g/mol. The molecule has 0 spiro atoms. The second-order valence-corrected chi connectivity index (χ2v) is 2.21. The van der Waals surface area contributed by atoms with Gasteiger partial charge in [-0.2, -0.15) is 0 Å². The number of carbonyl (C=O) groups excluding carboxylic acids is 1. The Morgan fingerprint density at radius 3 is 2.60 bits per heavy atom. The van der Waals surface area contributed by atoms with Crippen LogP contribution in [0.1, 0.15) is 12.8 Å². The molecule has 0 aromatic carbocycles. The number of hydrogen-bond acceptors (Lipinski definition) is 4. The van der Waals surface area contributed by atoms with Gasteiger partial charge in [0, 0.05) is 0 Å². The van der Waals surface area contributed by atoms with Gasteiger partial charge in [-0.05, 0) is 12.7 Å². The maximum atomic E-state index is 9.93. The average molecular weight is 145 g/mol. The number of aldehydes is 1. The fourth-order valence-corrected chi connectivity index (χ4v) is 0.604. The number of rotatable bonds is 5. The first kappa shape index (κ1) is 9.61. The number of hydrogen-bond donors (Lipinski definition) is 3. The highest BCUT2D eigenvalue weighted by Gasteiger charge is 2.07. The molecule has 0 aliphatic heterocycles. The van der Waals surface area contributed by atoms with Crippen LogP contribution in [0.5, 0.6) is 0 Å². The zero-order valence-corrected chi connectivity index (χ0v) is 5.73. The topological polar surface area (TPSA) is 83.6 Å². The van der Waals surface area contributed by atoms with Crippen molar-refractivity contribution in [1.29, 1.82) is 0 Å². The van der Waals surface area contributed by atoms with Crippen LogP contribution in [-0.2, 0) is 4.79 Å². The first-order chi connectivity index (χ1) is 4.66. The van der Waals surface area contributed by atoms with Crippen LogP contribution >= 0.6 is 0 Å². The molecular weight excluding hydrogens is 133 g/mol. The minimum Gasteiger partial charge on any atom is -0.427 e. The highest BCUT2D eigenvalue weighted by molar-refractivity contribution is 6.40. The summed E-state index contributed by atoms with van der Waals surface area (Å²) in [4.78, 5) is 9.93. The molecule has 4 nitrogen and oxygen atoms in total. The lowest BCUT2D eigenvalue weighted by atomic mass is 9.83. The Kier molecular flexibility index (Phi) is 5.20. The first-order valence-corrected chi connectivity index (χ1v) is 3.24. The first-order valence-electron chi connectivity index (χ1n) is 3.24. The smallest absolute Gasteiger partial charge is 0.427 e. The Balaban J connectivity index is 3.11. The standard InChI is InChI=1S/C5H12BNO3/c7-5(4-8)2-1-3-6(9)10/h4-5,9-10H,1-3,7H2. The molecule has 0 bridgehead atoms. The molecule has 0 amide bonds. The molecule has 5 heteroatoms. The van der Waals surface area contributed by atoms with Gasteiger partial charge in [-0.15, -0.1) is 0 Å². The maximum Gasteiger partial charge on any atom is 0.451 e. The van der Waals surface area contributed by atoms with Gasteiger partial charge in [0.1, 0.15) is 6.29 Å². The van der Waals surface area contributed by atoms with E-state index >= 15 is 0 Å². The highest BCUT2D eigenvalue weighted by atomic mass is 16.4. The molecule has 0 aromatic heterocycles. The molecule has 1 atom stereocenters. The van der Waals surface area contributed by atoms with Gasteiger partial charge in [0.2, 0.25) is 0 Å². The van der Waals surface area contributed by atoms with Crippen LogP contribution in [0.4, 0.5) is 0 Å². The molecule has 0 saturated heterocycles. The van der Waals surface area contributed by atoms with Gasteiger partial charge in [-0.1, -0.05) is 6.42 Å². The Labute approximate surface area is 60.2 Å². The van der Waals surface area contributed by atoms with Gasteiger partial charge in [0.05, 0.1) is 6.04 Å². The second-order valence-electron chi connectivity index (χ2n) is 2.21. The van der Waals surface area contributed by atoms with Gasteiger partial charge in [0.15, 0.2) is 0 Å². The van der Waals surface area contributed by atoms with Crippen molar-refractivity contribution in [3.05, 3.63) is 0 Å². The van der Waals surface area contributed by atoms with E-state index in [1.807, 2.05) is 0 Å². The summed E-state index contributed by atoms with van der Waals surface area (Å²) < 4.78 is 0. The number of nitrogens with two attached hydrogens (primary N) is 1. The van der Waals surface area contributed by atoms with E-state index in [-0.39, 0.29) is 6.32 Å². The van der Waals surface area contributed by atoms with Crippen LogP contribution in [0.3, 0.4) is 0 Å². The predicted molar refractivity (Wildman–Crippen MR) is 38.3 cm³/mol. The summed E-state index contributed by atoms with van der Waals surface area (Å²) in [6.07, 6.45) is 2.02. The summed E-state index contributed by atoms with van der Waals surface area (Å²) in [5, 5.41) is 16.7. The van der Waals surface area contributed by atoms with Crippen molar-refractivity contribution < 1.29 is 14.8 Å². The fraction of sp³-hybridized carbons (Fsp3) is 0.800. The molecule has 10 heavy (non-hydrogen) atoms. The van der Waals surface area contributed by atoms with Gasteiger partial charge >= 0.3 is 7.12 Å². The SMILES string of the molecule is NC(C=O)CCCB(O)O. The van der Waals surface area contributed by atoms with Crippen LogP contribution in [0.15, 0.2) is 0 Å². The van der Waals surface area contributed by atoms with E-state index in [9.17, 15) is 4.79 Å². The van der Waals surface area contributed by atoms with Crippen molar-refractivity contribution in [2.45, 2.75) is 25.2 Å². The minimum absolute atomic E-state index is 0.279. The van der Waals surface area contributed by atoms with E-state index in [0.717, 1.165) is 0 Å². The lowest BCUT2D eigenvalue weighted by Gasteiger charge is -2.01. The zero-order chi connectivity index (χ0) is 7.98. The average Bonchev–Trinajstić information content (AvgIpc) is 1.87. The molecule has 0 aliphatic carbocycles. The van der Waals surface area contributed by atoms with Crippen molar-refractivity contribution in [3.63, 3.8) is 0 Å². The molecule has 0 heterocycles. The van der Waals surface area contributed by atoms with E-state index < -0.39 is 13.2 Å². The third kappa shape index (κ3) is 5.75. The van der Waals surface area contributed by atoms with E-state index in [4.69, 9.17) is 15.8 Å². The van der Waals surface area contributed by atoms with Crippen molar-refractivity contribution in [1.82, 2.24) is 0 Å².